The molecule has 0 aromatic carbocycles. The Balaban J connectivity index is 2.12. The van der Waals surface area contributed by atoms with E-state index in [1.165, 1.54) is 12.6 Å². The minimum atomic E-state index is -2.94. The first-order chi connectivity index (χ1) is 8.52. The summed E-state index contributed by atoms with van der Waals surface area (Å²) in [4.78, 5) is 4.17. The number of rotatable bonds is 4. The fourth-order valence-electron chi connectivity index (χ4n) is 2.83. The lowest BCUT2D eigenvalue weighted by atomic mass is 9.83. The van der Waals surface area contributed by atoms with Gasteiger partial charge in [0, 0.05) is 6.26 Å². The number of nitrogens with zero attached hydrogens (tertiary/aromatic N) is 2. The third-order valence-corrected chi connectivity index (χ3v) is 5.42. The maximum atomic E-state index is 11.7. The van der Waals surface area contributed by atoms with Crippen molar-refractivity contribution in [3.63, 3.8) is 0 Å². The quantitative estimate of drug-likeness (QED) is 0.841. The van der Waals surface area contributed by atoms with Crippen LogP contribution in [-0.2, 0) is 9.84 Å². The molecule has 7 heteroatoms. The van der Waals surface area contributed by atoms with Gasteiger partial charge in [0.1, 0.15) is 22.0 Å². The summed E-state index contributed by atoms with van der Waals surface area (Å²) in [6.45, 7) is 0. The molecule has 0 aliphatic heterocycles. The largest absolute Gasteiger partial charge is 0.310 e. The van der Waals surface area contributed by atoms with Gasteiger partial charge in [-0.25, -0.2) is 13.4 Å². The molecule has 18 heavy (non-hydrogen) atoms. The number of H-pyrrole nitrogens is 1. The third-order valence-electron chi connectivity index (χ3n) is 3.78. The van der Waals surface area contributed by atoms with Gasteiger partial charge in [0.05, 0.1) is 11.3 Å². The van der Waals surface area contributed by atoms with Gasteiger partial charge >= 0.3 is 0 Å². The van der Waals surface area contributed by atoms with Crippen molar-refractivity contribution >= 4 is 9.84 Å². The van der Waals surface area contributed by atoms with Crippen LogP contribution in [0.15, 0.2) is 6.33 Å². The highest BCUT2D eigenvalue weighted by molar-refractivity contribution is 7.91. The van der Waals surface area contributed by atoms with Gasteiger partial charge in [-0.05, 0) is 32.2 Å². The van der Waals surface area contributed by atoms with E-state index in [0.717, 1.165) is 25.1 Å². The van der Waals surface area contributed by atoms with Crippen molar-refractivity contribution in [3.05, 3.63) is 12.2 Å². The molecule has 2 N–H and O–H groups in total. The van der Waals surface area contributed by atoms with Crippen LogP contribution < -0.4 is 5.32 Å². The molecule has 1 fully saturated rings. The molecule has 0 saturated heterocycles. The summed E-state index contributed by atoms with van der Waals surface area (Å²) in [7, 11) is -1.07. The van der Waals surface area contributed by atoms with Crippen molar-refractivity contribution in [2.45, 2.75) is 37.0 Å². The molecule has 3 unspecified atom stereocenters. The number of nitrogens with one attached hydrogen (secondary N) is 2. The highest BCUT2D eigenvalue weighted by Crippen LogP contribution is 2.35. The van der Waals surface area contributed by atoms with E-state index in [-0.39, 0.29) is 17.2 Å². The summed E-state index contributed by atoms with van der Waals surface area (Å²) >= 11 is 0. The topological polar surface area (TPSA) is 87.7 Å². The van der Waals surface area contributed by atoms with E-state index in [1.807, 2.05) is 7.05 Å². The Kier molecular flexibility index (Phi) is 4.01. The maximum Gasteiger partial charge on any atom is 0.150 e. The van der Waals surface area contributed by atoms with Gasteiger partial charge in [-0.3, -0.25) is 5.10 Å². The van der Waals surface area contributed by atoms with Gasteiger partial charge in [0.15, 0.2) is 0 Å². The molecule has 3 atom stereocenters. The van der Waals surface area contributed by atoms with Crippen LogP contribution in [-0.4, -0.2) is 42.2 Å². The average Bonchev–Trinajstić information content (AvgIpc) is 2.83. The second kappa shape index (κ2) is 5.36. The van der Waals surface area contributed by atoms with E-state index in [1.54, 1.807) is 0 Å². The molecule has 1 heterocycles. The summed E-state index contributed by atoms with van der Waals surface area (Å²) < 4.78 is 23.3. The highest BCUT2D eigenvalue weighted by atomic mass is 32.2. The van der Waals surface area contributed by atoms with Crippen molar-refractivity contribution in [3.8, 4) is 0 Å². The van der Waals surface area contributed by atoms with Crippen LogP contribution in [0.4, 0.5) is 0 Å². The maximum absolute atomic E-state index is 11.7. The van der Waals surface area contributed by atoms with Crippen molar-refractivity contribution < 1.29 is 8.42 Å². The molecule has 0 radical (unpaired) electrons. The van der Waals surface area contributed by atoms with Crippen LogP contribution in [0.2, 0.25) is 0 Å². The van der Waals surface area contributed by atoms with E-state index < -0.39 is 9.84 Å². The summed E-state index contributed by atoms with van der Waals surface area (Å²) in [6.07, 6.45) is 6.28. The molecule has 0 bridgehead atoms. The predicted octanol–water partition coefficient (Wildman–Crippen LogP) is 0.669. The number of aromatic nitrogens is 3. The lowest BCUT2D eigenvalue weighted by Crippen LogP contribution is -2.34. The number of aromatic amines is 1. The molecule has 1 aromatic heterocycles. The third kappa shape index (κ3) is 2.89. The molecule has 1 aliphatic rings. The molecular weight excluding hydrogens is 252 g/mol. The van der Waals surface area contributed by atoms with E-state index in [4.69, 9.17) is 0 Å². The van der Waals surface area contributed by atoms with Crippen LogP contribution in [0.1, 0.15) is 37.5 Å². The van der Waals surface area contributed by atoms with E-state index in [0.29, 0.717) is 6.42 Å². The number of hydrogen-bond acceptors (Lipinski definition) is 5. The first-order valence-corrected chi connectivity index (χ1v) is 8.19. The van der Waals surface area contributed by atoms with Gasteiger partial charge in [0.2, 0.25) is 0 Å². The van der Waals surface area contributed by atoms with Gasteiger partial charge in [0.25, 0.3) is 0 Å². The fraction of sp³-hybridized carbons (Fsp3) is 0.818. The van der Waals surface area contributed by atoms with E-state index in [9.17, 15) is 8.42 Å². The van der Waals surface area contributed by atoms with Crippen LogP contribution in [0.5, 0.6) is 0 Å². The fourth-order valence-corrected chi connectivity index (χ4v) is 4.02. The molecule has 0 amide bonds. The average molecular weight is 272 g/mol. The van der Waals surface area contributed by atoms with Crippen LogP contribution in [0, 0.1) is 5.92 Å². The second-order valence-electron chi connectivity index (χ2n) is 5.02. The Bertz CT molecular complexity index is 471. The van der Waals surface area contributed by atoms with Crippen molar-refractivity contribution in [2.24, 2.45) is 5.92 Å². The first kappa shape index (κ1) is 13.5. The zero-order chi connectivity index (χ0) is 13.2. The lowest BCUT2D eigenvalue weighted by molar-refractivity contribution is 0.275. The molecular formula is C11H20N4O2S. The van der Waals surface area contributed by atoms with Crippen LogP contribution in [0.25, 0.3) is 0 Å². The molecule has 102 valence electrons. The van der Waals surface area contributed by atoms with E-state index >= 15 is 0 Å². The molecule has 1 saturated carbocycles. The monoisotopic (exact) mass is 272 g/mol. The van der Waals surface area contributed by atoms with Crippen LogP contribution >= 0.6 is 0 Å². The highest BCUT2D eigenvalue weighted by Gasteiger charge is 2.34. The Hall–Kier alpha value is -0.950. The zero-order valence-electron chi connectivity index (χ0n) is 10.8. The predicted molar refractivity (Wildman–Crippen MR) is 68.8 cm³/mol. The van der Waals surface area contributed by atoms with Crippen molar-refractivity contribution in [1.29, 1.82) is 0 Å². The number of hydrogen-bond donors (Lipinski definition) is 2. The summed E-state index contributed by atoms with van der Waals surface area (Å²) in [5.74, 6) is 1.08. The Morgan fingerprint density at radius 3 is 2.83 bits per heavy atom. The Labute approximate surface area is 108 Å². The lowest BCUT2D eigenvalue weighted by Gasteiger charge is -2.32. The Morgan fingerprint density at radius 1 is 1.50 bits per heavy atom. The summed E-state index contributed by atoms with van der Waals surface area (Å²) in [5, 5.41) is 9.73. The number of sulfone groups is 1. The van der Waals surface area contributed by atoms with Gasteiger partial charge < -0.3 is 5.32 Å². The van der Waals surface area contributed by atoms with Gasteiger partial charge in [-0.1, -0.05) is 6.42 Å². The van der Waals surface area contributed by atoms with Gasteiger partial charge in [-0.2, -0.15) is 5.10 Å². The Morgan fingerprint density at radius 2 is 2.28 bits per heavy atom. The smallest absolute Gasteiger partial charge is 0.150 e. The zero-order valence-corrected chi connectivity index (χ0v) is 11.6. The van der Waals surface area contributed by atoms with Crippen LogP contribution in [0.3, 0.4) is 0 Å². The molecule has 6 nitrogen and oxygen atoms in total. The van der Waals surface area contributed by atoms with Gasteiger partial charge in [-0.15, -0.1) is 0 Å². The second-order valence-corrected chi connectivity index (χ2v) is 7.34. The minimum Gasteiger partial charge on any atom is -0.310 e. The minimum absolute atomic E-state index is 0.0528. The molecule has 0 spiro atoms. The molecule has 1 aliphatic carbocycles. The summed E-state index contributed by atoms with van der Waals surface area (Å²) in [6, 6.07) is 0.0528. The van der Waals surface area contributed by atoms with E-state index in [2.05, 4.69) is 20.5 Å². The van der Waals surface area contributed by atoms with Crippen molar-refractivity contribution in [2.75, 3.05) is 13.3 Å². The normalized spacial score (nSPS) is 27.0. The van der Waals surface area contributed by atoms with Crippen molar-refractivity contribution in [1.82, 2.24) is 20.5 Å². The molecule has 2 rings (SSSR count). The standard InChI is InChI=1S/C11H20N4O2S/c1-12-10(11-13-7-14-15-11)8-4-3-5-9(6-8)18(2,16)17/h7-10,12H,3-6H2,1-2H3,(H,13,14,15). The molecule has 1 aromatic rings. The first-order valence-electron chi connectivity index (χ1n) is 6.23. The summed E-state index contributed by atoms with van der Waals surface area (Å²) in [5.41, 5.74) is 0. The SMILES string of the molecule is CNC(c1ncn[nH]1)C1CCCC(S(C)(=O)=O)C1.